The number of hydrogen-bond acceptors (Lipinski definition) is 4. The molecule has 0 heterocycles. The third-order valence-electron chi connectivity index (χ3n) is 4.25. The number of halogens is 1. The van der Waals surface area contributed by atoms with Crippen molar-refractivity contribution in [2.75, 3.05) is 60.1 Å². The Labute approximate surface area is 171 Å². The highest BCUT2D eigenvalue weighted by atomic mass is 127. The quantitative estimate of drug-likeness (QED) is 0.188. The van der Waals surface area contributed by atoms with Crippen LogP contribution >= 0.6 is 24.0 Å². The number of guanidine groups is 1. The average molecular weight is 470 g/mol. The van der Waals surface area contributed by atoms with Gasteiger partial charge in [-0.3, -0.25) is 4.99 Å². The number of nitrogens with one attached hydrogen (secondary N) is 2. The Bertz CT molecular complexity index is 326. The molecular weight excluding hydrogens is 431 g/mol. The summed E-state index contributed by atoms with van der Waals surface area (Å²) in [6.07, 6.45) is 7.71. The van der Waals surface area contributed by atoms with Crippen LogP contribution in [0.2, 0.25) is 0 Å². The molecule has 1 saturated carbocycles. The smallest absolute Gasteiger partial charge is 0.191 e. The molecule has 0 unspecified atom stereocenters. The highest BCUT2D eigenvalue weighted by molar-refractivity contribution is 14.0. The molecule has 0 saturated heterocycles. The number of likely N-dealkylation sites (N-methyl/N-ethyl adjacent to an activating group) is 1. The molecule has 150 valence electrons. The maximum absolute atomic E-state index is 5.88. The average Bonchev–Trinajstić information content (AvgIpc) is 3.08. The predicted molar refractivity (Wildman–Crippen MR) is 116 cm³/mol. The maximum Gasteiger partial charge on any atom is 0.191 e. The Balaban J connectivity index is 0.00000576. The fourth-order valence-electron chi connectivity index (χ4n) is 2.86. The zero-order valence-electron chi connectivity index (χ0n) is 16.4. The predicted octanol–water partition coefficient (Wildman–Crippen LogP) is 2.48. The molecule has 6 nitrogen and oxygen atoms in total. The molecule has 1 aliphatic rings. The Kier molecular flexibility index (Phi) is 17.2. The van der Waals surface area contributed by atoms with E-state index < -0.39 is 0 Å². The lowest BCUT2D eigenvalue weighted by molar-refractivity contribution is 0.0579. The van der Waals surface area contributed by atoms with Gasteiger partial charge in [-0.05, 0) is 39.7 Å². The minimum Gasteiger partial charge on any atom is -0.385 e. The van der Waals surface area contributed by atoms with E-state index in [1.807, 2.05) is 0 Å². The first-order valence-corrected chi connectivity index (χ1v) is 9.57. The Morgan fingerprint density at radius 1 is 1.12 bits per heavy atom. The molecule has 0 aromatic heterocycles. The van der Waals surface area contributed by atoms with Gasteiger partial charge in [0, 0.05) is 53.0 Å². The van der Waals surface area contributed by atoms with E-state index in [-0.39, 0.29) is 24.0 Å². The van der Waals surface area contributed by atoms with Gasteiger partial charge in [0.1, 0.15) is 0 Å². The van der Waals surface area contributed by atoms with Gasteiger partial charge in [-0.1, -0.05) is 12.8 Å². The van der Waals surface area contributed by atoms with E-state index in [0.717, 1.165) is 64.7 Å². The lowest BCUT2D eigenvalue weighted by Gasteiger charge is -2.18. The van der Waals surface area contributed by atoms with Gasteiger partial charge in [-0.2, -0.15) is 0 Å². The highest BCUT2D eigenvalue weighted by Gasteiger charge is 2.14. The topological polar surface area (TPSA) is 58.1 Å². The zero-order chi connectivity index (χ0) is 17.5. The van der Waals surface area contributed by atoms with Crippen molar-refractivity contribution in [2.24, 2.45) is 4.99 Å². The van der Waals surface area contributed by atoms with Crippen molar-refractivity contribution in [1.29, 1.82) is 0 Å². The highest BCUT2D eigenvalue weighted by Crippen LogP contribution is 2.20. The van der Waals surface area contributed by atoms with Crippen molar-refractivity contribution in [3.8, 4) is 0 Å². The molecule has 0 spiro atoms. The third kappa shape index (κ3) is 13.7. The fraction of sp³-hybridized carbons (Fsp3) is 0.944. The Morgan fingerprint density at radius 3 is 2.56 bits per heavy atom. The summed E-state index contributed by atoms with van der Waals surface area (Å²) in [5, 5.41) is 6.70. The summed E-state index contributed by atoms with van der Waals surface area (Å²) in [6, 6.07) is 0. The van der Waals surface area contributed by atoms with Crippen LogP contribution in [0, 0.1) is 0 Å². The molecule has 0 aromatic carbocycles. The van der Waals surface area contributed by atoms with Crippen LogP contribution in [0.15, 0.2) is 4.99 Å². The van der Waals surface area contributed by atoms with Gasteiger partial charge in [0.15, 0.2) is 5.96 Å². The molecular formula is C18H39IN4O2. The van der Waals surface area contributed by atoms with Crippen molar-refractivity contribution in [2.45, 2.75) is 51.6 Å². The molecule has 1 rings (SSSR count). The van der Waals surface area contributed by atoms with E-state index in [9.17, 15) is 0 Å². The number of nitrogens with zero attached hydrogens (tertiary/aromatic N) is 2. The standard InChI is InChI=1S/C18H38N4O2.HI/c1-4-19-18(21-12-14-22(2)13-8-15-23-3)20-11-7-16-24-17-9-5-6-10-17;/h17H,4-16H2,1-3H3,(H2,19,20,21);1H. The van der Waals surface area contributed by atoms with E-state index >= 15 is 0 Å². The second kappa shape index (κ2) is 17.3. The summed E-state index contributed by atoms with van der Waals surface area (Å²) in [4.78, 5) is 6.94. The van der Waals surface area contributed by atoms with Crippen LogP contribution in [-0.4, -0.2) is 77.1 Å². The van der Waals surface area contributed by atoms with Crippen molar-refractivity contribution in [3.63, 3.8) is 0 Å². The lowest BCUT2D eigenvalue weighted by Crippen LogP contribution is -2.41. The number of methoxy groups -OCH3 is 1. The molecule has 1 aliphatic carbocycles. The molecule has 7 heteroatoms. The summed E-state index contributed by atoms with van der Waals surface area (Å²) in [6.45, 7) is 8.40. The van der Waals surface area contributed by atoms with Gasteiger partial charge in [-0.15, -0.1) is 24.0 Å². The zero-order valence-corrected chi connectivity index (χ0v) is 18.7. The third-order valence-corrected chi connectivity index (χ3v) is 4.25. The van der Waals surface area contributed by atoms with Crippen LogP contribution < -0.4 is 10.6 Å². The van der Waals surface area contributed by atoms with Crippen LogP contribution in [0.4, 0.5) is 0 Å². The lowest BCUT2D eigenvalue weighted by atomic mass is 10.3. The molecule has 1 fully saturated rings. The van der Waals surface area contributed by atoms with Crippen LogP contribution in [0.1, 0.15) is 45.4 Å². The van der Waals surface area contributed by atoms with Crippen LogP contribution in [0.3, 0.4) is 0 Å². The first kappa shape index (κ1) is 24.9. The first-order chi connectivity index (χ1) is 11.8. The van der Waals surface area contributed by atoms with Gasteiger partial charge in [-0.25, -0.2) is 0 Å². The fourth-order valence-corrected chi connectivity index (χ4v) is 2.86. The van der Waals surface area contributed by atoms with Gasteiger partial charge in [0.05, 0.1) is 6.10 Å². The molecule has 0 aromatic rings. The SMILES string of the molecule is CCNC(=NCCCOC1CCCC1)NCCN(C)CCCOC.I. The maximum atomic E-state index is 5.88. The van der Waals surface area contributed by atoms with Crippen LogP contribution in [0.25, 0.3) is 0 Å². The number of ether oxygens (including phenoxy) is 2. The van der Waals surface area contributed by atoms with Gasteiger partial charge in [0.25, 0.3) is 0 Å². The minimum absolute atomic E-state index is 0. The van der Waals surface area contributed by atoms with Gasteiger partial charge >= 0.3 is 0 Å². The first-order valence-electron chi connectivity index (χ1n) is 9.57. The van der Waals surface area contributed by atoms with E-state index in [1.54, 1.807) is 7.11 Å². The monoisotopic (exact) mass is 470 g/mol. The van der Waals surface area contributed by atoms with Crippen molar-refractivity contribution in [1.82, 2.24) is 15.5 Å². The Morgan fingerprint density at radius 2 is 1.88 bits per heavy atom. The number of aliphatic imine (C=N–C) groups is 1. The molecule has 0 atom stereocenters. The summed E-state index contributed by atoms with van der Waals surface area (Å²) in [7, 11) is 3.89. The van der Waals surface area contributed by atoms with E-state index in [4.69, 9.17) is 9.47 Å². The molecule has 0 radical (unpaired) electrons. The summed E-state index contributed by atoms with van der Waals surface area (Å²) < 4.78 is 11.0. The van der Waals surface area contributed by atoms with Crippen LogP contribution in [-0.2, 0) is 9.47 Å². The number of rotatable bonds is 13. The summed E-state index contributed by atoms with van der Waals surface area (Å²) in [5.41, 5.74) is 0. The molecule has 25 heavy (non-hydrogen) atoms. The largest absolute Gasteiger partial charge is 0.385 e. The van der Waals surface area contributed by atoms with Crippen LogP contribution in [0.5, 0.6) is 0 Å². The normalized spacial score (nSPS) is 15.4. The minimum atomic E-state index is 0. The summed E-state index contributed by atoms with van der Waals surface area (Å²) in [5.74, 6) is 0.906. The van der Waals surface area contributed by atoms with E-state index in [1.165, 1.54) is 25.7 Å². The van der Waals surface area contributed by atoms with Crippen molar-refractivity contribution in [3.05, 3.63) is 0 Å². The van der Waals surface area contributed by atoms with E-state index in [2.05, 4.69) is 34.5 Å². The second-order valence-electron chi connectivity index (χ2n) is 6.47. The van der Waals surface area contributed by atoms with E-state index in [0.29, 0.717) is 6.10 Å². The molecule has 2 N–H and O–H groups in total. The second-order valence-corrected chi connectivity index (χ2v) is 6.47. The summed E-state index contributed by atoms with van der Waals surface area (Å²) >= 11 is 0. The Hall–Kier alpha value is -0.120. The van der Waals surface area contributed by atoms with Crippen molar-refractivity contribution < 1.29 is 9.47 Å². The van der Waals surface area contributed by atoms with Gasteiger partial charge < -0.3 is 25.0 Å². The van der Waals surface area contributed by atoms with Gasteiger partial charge in [0.2, 0.25) is 0 Å². The number of hydrogen-bond donors (Lipinski definition) is 2. The molecule has 0 amide bonds. The molecule has 0 bridgehead atoms. The van der Waals surface area contributed by atoms with Crippen molar-refractivity contribution >= 4 is 29.9 Å². The molecule has 0 aliphatic heterocycles.